The Morgan fingerprint density at radius 2 is 2.12 bits per heavy atom. The van der Waals surface area contributed by atoms with Crippen molar-refractivity contribution in [3.05, 3.63) is 41.6 Å². The highest BCUT2D eigenvalue weighted by Gasteiger charge is 2.19. The number of carbonyl (C=O) groups is 1. The minimum absolute atomic E-state index is 0.515. The number of rotatable bonds is 3. The number of aromatic nitrogens is 1. The first kappa shape index (κ1) is 11.6. The number of carboxylic acids is 1. The van der Waals surface area contributed by atoms with E-state index >= 15 is 0 Å². The Morgan fingerprint density at radius 3 is 2.76 bits per heavy atom. The van der Waals surface area contributed by atoms with E-state index in [1.54, 1.807) is 0 Å². The molecule has 1 unspecified atom stereocenters. The Balaban J connectivity index is 2.60. The number of hydrogen-bond donors (Lipinski definition) is 1. The number of aryl methyl sites for hydroxylation is 1. The number of hydrogen-bond acceptors (Lipinski definition) is 2. The van der Waals surface area contributed by atoms with Crippen molar-refractivity contribution in [3.63, 3.8) is 0 Å². The van der Waals surface area contributed by atoms with Crippen molar-refractivity contribution in [1.82, 2.24) is 4.98 Å². The van der Waals surface area contributed by atoms with Crippen LogP contribution in [0, 0.1) is 6.92 Å². The van der Waals surface area contributed by atoms with E-state index in [2.05, 4.69) is 4.98 Å². The molecule has 0 spiro atoms. The third-order valence-electron chi connectivity index (χ3n) is 3.01. The molecule has 1 aromatic heterocycles. The van der Waals surface area contributed by atoms with Crippen LogP contribution in [0.15, 0.2) is 30.3 Å². The molecule has 1 atom stereocenters. The molecule has 0 aliphatic carbocycles. The minimum atomic E-state index is -0.810. The third-order valence-corrected chi connectivity index (χ3v) is 3.01. The monoisotopic (exact) mass is 229 g/mol. The van der Waals surface area contributed by atoms with E-state index in [-0.39, 0.29) is 0 Å². The number of benzene rings is 1. The van der Waals surface area contributed by atoms with Crippen molar-refractivity contribution in [3.8, 4) is 0 Å². The number of pyridine rings is 1. The van der Waals surface area contributed by atoms with Crippen LogP contribution < -0.4 is 0 Å². The highest BCUT2D eigenvalue weighted by atomic mass is 16.4. The van der Waals surface area contributed by atoms with Gasteiger partial charge in [-0.25, -0.2) is 0 Å². The Labute approximate surface area is 100 Å². The van der Waals surface area contributed by atoms with Gasteiger partial charge in [0.1, 0.15) is 0 Å². The maximum Gasteiger partial charge on any atom is 0.312 e. The second-order valence-corrected chi connectivity index (χ2v) is 4.18. The van der Waals surface area contributed by atoms with E-state index in [9.17, 15) is 4.79 Å². The largest absolute Gasteiger partial charge is 0.481 e. The fourth-order valence-corrected chi connectivity index (χ4v) is 2.06. The molecular weight excluding hydrogens is 214 g/mol. The van der Waals surface area contributed by atoms with Gasteiger partial charge in [-0.05, 0) is 31.0 Å². The van der Waals surface area contributed by atoms with Gasteiger partial charge in [0.05, 0.1) is 17.1 Å². The third kappa shape index (κ3) is 2.13. The quantitative estimate of drug-likeness (QED) is 0.879. The van der Waals surface area contributed by atoms with Crippen LogP contribution in [-0.2, 0) is 4.79 Å². The molecule has 0 saturated carbocycles. The van der Waals surface area contributed by atoms with Gasteiger partial charge in [0.15, 0.2) is 0 Å². The van der Waals surface area contributed by atoms with Crippen LogP contribution in [0.4, 0.5) is 0 Å². The molecule has 2 aromatic rings. The summed E-state index contributed by atoms with van der Waals surface area (Å²) in [6.07, 6.45) is 0.556. The van der Waals surface area contributed by atoms with Gasteiger partial charge in [-0.1, -0.05) is 25.1 Å². The first-order valence-corrected chi connectivity index (χ1v) is 5.72. The van der Waals surface area contributed by atoms with E-state index in [0.29, 0.717) is 12.1 Å². The maximum atomic E-state index is 11.1. The van der Waals surface area contributed by atoms with Crippen molar-refractivity contribution >= 4 is 16.9 Å². The molecule has 1 heterocycles. The van der Waals surface area contributed by atoms with Crippen LogP contribution in [0.1, 0.15) is 30.5 Å². The zero-order chi connectivity index (χ0) is 12.4. The summed E-state index contributed by atoms with van der Waals surface area (Å²) in [6.45, 7) is 3.85. The molecule has 3 heteroatoms. The van der Waals surface area contributed by atoms with E-state index in [1.807, 2.05) is 44.2 Å². The zero-order valence-electron chi connectivity index (χ0n) is 9.97. The highest BCUT2D eigenvalue weighted by molar-refractivity contribution is 5.83. The van der Waals surface area contributed by atoms with E-state index in [0.717, 1.165) is 16.5 Å². The standard InChI is InChI=1S/C14H15NO2/c1-3-10(14(16)17)13-8-9(2)11-6-4-5-7-12(11)15-13/h4-8,10H,3H2,1-2H3,(H,16,17). The molecule has 2 rings (SSSR count). The first-order chi connectivity index (χ1) is 8.13. The lowest BCUT2D eigenvalue weighted by Crippen LogP contribution is -2.12. The van der Waals surface area contributed by atoms with Crippen LogP contribution in [-0.4, -0.2) is 16.1 Å². The lowest BCUT2D eigenvalue weighted by atomic mass is 9.99. The molecular formula is C14H15NO2. The molecule has 0 fully saturated rings. The lowest BCUT2D eigenvalue weighted by molar-refractivity contribution is -0.138. The summed E-state index contributed by atoms with van der Waals surface area (Å²) in [5, 5.41) is 10.2. The first-order valence-electron chi connectivity index (χ1n) is 5.72. The number of carboxylic acid groups (broad SMARTS) is 1. The molecule has 0 saturated heterocycles. The zero-order valence-corrected chi connectivity index (χ0v) is 9.97. The molecule has 17 heavy (non-hydrogen) atoms. The lowest BCUT2D eigenvalue weighted by Gasteiger charge is -2.11. The Hall–Kier alpha value is -1.90. The fraction of sp³-hybridized carbons (Fsp3) is 0.286. The van der Waals surface area contributed by atoms with Gasteiger partial charge in [-0.15, -0.1) is 0 Å². The van der Waals surface area contributed by atoms with Gasteiger partial charge in [-0.2, -0.15) is 0 Å². The average Bonchev–Trinajstić information content (AvgIpc) is 2.29. The van der Waals surface area contributed by atoms with Crippen molar-refractivity contribution in [2.24, 2.45) is 0 Å². The molecule has 1 N–H and O–H groups in total. The van der Waals surface area contributed by atoms with E-state index < -0.39 is 11.9 Å². The summed E-state index contributed by atoms with van der Waals surface area (Å²) in [7, 11) is 0. The Bertz CT molecular complexity index is 563. The summed E-state index contributed by atoms with van der Waals surface area (Å²) < 4.78 is 0. The van der Waals surface area contributed by atoms with Crippen molar-refractivity contribution in [1.29, 1.82) is 0 Å². The van der Waals surface area contributed by atoms with E-state index in [1.165, 1.54) is 0 Å². The minimum Gasteiger partial charge on any atom is -0.481 e. The fourth-order valence-electron chi connectivity index (χ4n) is 2.06. The number of fused-ring (bicyclic) bond motifs is 1. The second-order valence-electron chi connectivity index (χ2n) is 4.18. The molecule has 1 aromatic carbocycles. The highest BCUT2D eigenvalue weighted by Crippen LogP contribution is 2.24. The number of aliphatic carboxylic acids is 1. The average molecular weight is 229 g/mol. The Kier molecular flexibility index (Phi) is 3.09. The topological polar surface area (TPSA) is 50.2 Å². The number of nitrogens with zero attached hydrogens (tertiary/aromatic N) is 1. The smallest absolute Gasteiger partial charge is 0.312 e. The van der Waals surface area contributed by atoms with Crippen LogP contribution in [0.25, 0.3) is 10.9 Å². The second kappa shape index (κ2) is 4.53. The normalized spacial score (nSPS) is 12.6. The predicted molar refractivity (Wildman–Crippen MR) is 67.1 cm³/mol. The van der Waals surface area contributed by atoms with Crippen molar-refractivity contribution in [2.45, 2.75) is 26.2 Å². The van der Waals surface area contributed by atoms with Crippen LogP contribution in [0.3, 0.4) is 0 Å². The van der Waals surface area contributed by atoms with Crippen LogP contribution in [0.5, 0.6) is 0 Å². The predicted octanol–water partition coefficient (Wildman–Crippen LogP) is 3.12. The van der Waals surface area contributed by atoms with Gasteiger partial charge in [0.25, 0.3) is 0 Å². The summed E-state index contributed by atoms with van der Waals surface area (Å²) in [6, 6.07) is 9.68. The maximum absolute atomic E-state index is 11.1. The summed E-state index contributed by atoms with van der Waals surface area (Å²) in [5.41, 5.74) is 2.59. The summed E-state index contributed by atoms with van der Waals surface area (Å²) in [5.74, 6) is -1.33. The Morgan fingerprint density at radius 1 is 1.41 bits per heavy atom. The van der Waals surface area contributed by atoms with Gasteiger partial charge in [-0.3, -0.25) is 9.78 Å². The summed E-state index contributed by atoms with van der Waals surface area (Å²) >= 11 is 0. The van der Waals surface area contributed by atoms with Crippen molar-refractivity contribution in [2.75, 3.05) is 0 Å². The molecule has 0 bridgehead atoms. The molecule has 3 nitrogen and oxygen atoms in total. The SMILES string of the molecule is CCC(C(=O)O)c1cc(C)c2ccccc2n1. The van der Waals surface area contributed by atoms with Crippen LogP contribution >= 0.6 is 0 Å². The summed E-state index contributed by atoms with van der Waals surface area (Å²) in [4.78, 5) is 15.6. The van der Waals surface area contributed by atoms with Gasteiger partial charge in [0.2, 0.25) is 0 Å². The molecule has 0 radical (unpaired) electrons. The van der Waals surface area contributed by atoms with Crippen LogP contribution in [0.2, 0.25) is 0 Å². The molecule has 0 aliphatic rings. The number of para-hydroxylation sites is 1. The molecule has 0 aliphatic heterocycles. The van der Waals surface area contributed by atoms with Gasteiger partial charge >= 0.3 is 5.97 Å². The molecule has 0 amide bonds. The van der Waals surface area contributed by atoms with Gasteiger partial charge in [0, 0.05) is 5.39 Å². The van der Waals surface area contributed by atoms with E-state index in [4.69, 9.17) is 5.11 Å². The van der Waals surface area contributed by atoms with Gasteiger partial charge < -0.3 is 5.11 Å². The van der Waals surface area contributed by atoms with Crippen molar-refractivity contribution < 1.29 is 9.90 Å². The molecule has 88 valence electrons.